The van der Waals surface area contributed by atoms with Crippen molar-refractivity contribution in [2.75, 3.05) is 6.54 Å². The summed E-state index contributed by atoms with van der Waals surface area (Å²) in [5.41, 5.74) is 8.91. The topological polar surface area (TPSA) is 102 Å². The summed E-state index contributed by atoms with van der Waals surface area (Å²) in [7, 11) is -0.922. The van der Waals surface area contributed by atoms with Crippen molar-refractivity contribution in [3.63, 3.8) is 0 Å². The fourth-order valence-electron chi connectivity index (χ4n) is 5.22. The first-order chi connectivity index (χ1) is 13.7. The number of nitrogens with one attached hydrogen (secondary N) is 4. The molecule has 3 saturated heterocycles. The van der Waals surface area contributed by atoms with Gasteiger partial charge in [0.05, 0.1) is 26.1 Å². The van der Waals surface area contributed by atoms with E-state index in [1.165, 1.54) is 12.1 Å². The van der Waals surface area contributed by atoms with E-state index in [-0.39, 0.29) is 17.1 Å². The van der Waals surface area contributed by atoms with E-state index in [0.29, 0.717) is 23.1 Å². The van der Waals surface area contributed by atoms with Gasteiger partial charge in [0.2, 0.25) is 0 Å². The van der Waals surface area contributed by atoms with Crippen molar-refractivity contribution in [1.82, 2.24) is 31.3 Å². The van der Waals surface area contributed by atoms with Crippen LogP contribution in [0.4, 0.5) is 0 Å². The summed E-state index contributed by atoms with van der Waals surface area (Å²) >= 11 is 1.76. The highest BCUT2D eigenvalue weighted by atomic mass is 32.2. The number of thioether (sulfide) groups is 1. The van der Waals surface area contributed by atoms with Gasteiger partial charge in [-0.2, -0.15) is 5.12 Å². The van der Waals surface area contributed by atoms with Crippen LogP contribution in [-0.4, -0.2) is 42.5 Å². The lowest BCUT2D eigenvalue weighted by atomic mass is 9.74. The molecular weight excluding hydrogens is 396 g/mol. The standard InChI is InChI=1S/C18H24N6O2S2/c25-18-19-7-9(8-20-18)12-6-11-13-4-5-21-24(13)23-15-14(11)16(22-12)27-17(15)28(26)10-2-1-3-10/h7-8,10-14,16,21-23H,1-6H2,(H,19,20,25)/t11?,12?,13?,14?,16?,28-/m0/s1. The highest BCUT2D eigenvalue weighted by molar-refractivity contribution is 8.17. The van der Waals surface area contributed by atoms with Gasteiger partial charge in [-0.05, 0) is 31.6 Å². The molecule has 1 aromatic heterocycles. The predicted octanol–water partition coefficient (Wildman–Crippen LogP) is 0.677. The van der Waals surface area contributed by atoms with Gasteiger partial charge in [-0.1, -0.05) is 18.2 Å². The zero-order valence-electron chi connectivity index (χ0n) is 15.4. The van der Waals surface area contributed by atoms with Gasteiger partial charge in [0.1, 0.15) is 0 Å². The maximum Gasteiger partial charge on any atom is 0.344 e. The number of piperidine rings is 1. The van der Waals surface area contributed by atoms with E-state index in [4.69, 9.17) is 0 Å². The van der Waals surface area contributed by atoms with Gasteiger partial charge in [0.15, 0.2) is 0 Å². The van der Waals surface area contributed by atoms with Crippen molar-refractivity contribution >= 4 is 22.6 Å². The minimum atomic E-state index is -0.922. The molecule has 5 unspecified atom stereocenters. The van der Waals surface area contributed by atoms with Gasteiger partial charge >= 0.3 is 5.69 Å². The van der Waals surface area contributed by atoms with Crippen molar-refractivity contribution in [3.05, 3.63) is 38.4 Å². The normalized spacial score (nSPS) is 38.5. The first-order valence-corrected chi connectivity index (χ1v) is 12.2. The first-order valence-electron chi connectivity index (χ1n) is 10.1. The summed E-state index contributed by atoms with van der Waals surface area (Å²) in [5.74, 6) is 0.829. The van der Waals surface area contributed by atoms with E-state index in [2.05, 4.69) is 31.3 Å². The Kier molecular flexibility index (Phi) is 4.20. The van der Waals surface area contributed by atoms with E-state index in [1.807, 2.05) is 0 Å². The van der Waals surface area contributed by atoms with Crippen LogP contribution in [0.25, 0.3) is 0 Å². The molecule has 0 amide bonds. The molecule has 1 aliphatic carbocycles. The highest BCUT2D eigenvalue weighted by Crippen LogP contribution is 2.55. The summed E-state index contributed by atoms with van der Waals surface area (Å²) in [6.07, 6.45) is 8.90. The number of hydrogen-bond acceptors (Lipinski definition) is 8. The molecule has 1 saturated carbocycles. The third kappa shape index (κ3) is 2.65. The third-order valence-electron chi connectivity index (χ3n) is 6.87. The highest BCUT2D eigenvalue weighted by Gasteiger charge is 2.55. The van der Waals surface area contributed by atoms with Crippen molar-refractivity contribution in [2.45, 2.75) is 54.8 Å². The average Bonchev–Trinajstić information content (AvgIpc) is 3.27. The lowest BCUT2D eigenvalue weighted by molar-refractivity contribution is 0.00555. The second-order valence-electron chi connectivity index (χ2n) is 8.33. The Balaban J connectivity index is 1.36. The van der Waals surface area contributed by atoms with Gasteiger partial charge in [0, 0.05) is 47.8 Å². The maximum absolute atomic E-state index is 13.2. The Morgan fingerprint density at radius 1 is 1.29 bits per heavy atom. The predicted molar refractivity (Wildman–Crippen MR) is 108 cm³/mol. The zero-order chi connectivity index (χ0) is 18.8. The molecule has 28 heavy (non-hydrogen) atoms. The SMILES string of the molecule is O=c1ncc(C2CC3C4C(=C([S@@](=O)C5CCC5)SC4N2)NN2NCCC32)c[nH]1. The molecule has 1 aromatic rings. The van der Waals surface area contributed by atoms with Crippen LogP contribution in [0, 0.1) is 11.8 Å². The molecule has 8 nitrogen and oxygen atoms in total. The Morgan fingerprint density at radius 3 is 2.93 bits per heavy atom. The molecule has 6 atom stereocenters. The molecule has 4 fully saturated rings. The number of H-pyrrole nitrogens is 1. The van der Waals surface area contributed by atoms with E-state index >= 15 is 0 Å². The van der Waals surface area contributed by atoms with E-state index in [0.717, 1.165) is 42.0 Å². The first kappa shape index (κ1) is 17.6. The quantitative estimate of drug-likeness (QED) is 0.566. The molecule has 0 aromatic carbocycles. The monoisotopic (exact) mass is 420 g/mol. The molecule has 5 aliphatic rings. The smallest absolute Gasteiger partial charge is 0.312 e. The fraction of sp³-hybridized carbons (Fsp3) is 0.667. The van der Waals surface area contributed by atoms with Crippen LogP contribution >= 0.6 is 11.8 Å². The van der Waals surface area contributed by atoms with E-state index in [9.17, 15) is 9.00 Å². The van der Waals surface area contributed by atoms with Crippen LogP contribution in [-0.2, 0) is 10.8 Å². The Bertz CT molecular complexity index is 895. The Labute approximate surface area is 169 Å². The van der Waals surface area contributed by atoms with Crippen LogP contribution < -0.4 is 21.9 Å². The van der Waals surface area contributed by atoms with Crippen LogP contribution in [0.15, 0.2) is 27.1 Å². The molecule has 150 valence electrons. The molecule has 5 heterocycles. The number of aromatic amines is 1. The molecule has 0 bridgehead atoms. The van der Waals surface area contributed by atoms with Gasteiger partial charge in [-0.3, -0.25) is 9.53 Å². The molecule has 10 heteroatoms. The Hall–Kier alpha value is -1.20. The van der Waals surface area contributed by atoms with Crippen LogP contribution in [0.1, 0.15) is 43.7 Å². The van der Waals surface area contributed by atoms with Gasteiger partial charge in [-0.15, -0.1) is 0 Å². The second kappa shape index (κ2) is 6.66. The Morgan fingerprint density at radius 2 is 2.18 bits per heavy atom. The number of aromatic nitrogens is 2. The van der Waals surface area contributed by atoms with E-state index < -0.39 is 10.8 Å². The van der Waals surface area contributed by atoms with Crippen molar-refractivity contribution in [1.29, 1.82) is 0 Å². The van der Waals surface area contributed by atoms with E-state index in [1.54, 1.807) is 24.2 Å². The molecule has 4 aliphatic heterocycles. The number of hydrazine groups is 2. The van der Waals surface area contributed by atoms with Crippen molar-refractivity contribution in [2.24, 2.45) is 11.8 Å². The van der Waals surface area contributed by atoms with Crippen LogP contribution in [0.5, 0.6) is 0 Å². The molecule has 0 radical (unpaired) electrons. The summed E-state index contributed by atoms with van der Waals surface area (Å²) in [6, 6.07) is 0.565. The number of nitrogens with zero attached hydrogens (tertiary/aromatic N) is 2. The van der Waals surface area contributed by atoms with Gasteiger partial charge in [-0.25, -0.2) is 15.2 Å². The van der Waals surface area contributed by atoms with Gasteiger partial charge in [0.25, 0.3) is 0 Å². The minimum absolute atomic E-state index is 0.140. The lowest BCUT2D eigenvalue weighted by Crippen LogP contribution is -2.61. The molecule has 4 N–H and O–H groups in total. The summed E-state index contributed by atoms with van der Waals surface area (Å²) in [6.45, 7) is 0.964. The van der Waals surface area contributed by atoms with Crippen molar-refractivity contribution in [3.8, 4) is 0 Å². The lowest BCUT2D eigenvalue weighted by Gasteiger charge is -2.48. The number of rotatable bonds is 3. The molecule has 6 rings (SSSR count). The van der Waals surface area contributed by atoms with Gasteiger partial charge < -0.3 is 10.4 Å². The fourth-order valence-corrected chi connectivity index (χ4v) is 9.04. The summed E-state index contributed by atoms with van der Waals surface area (Å²) in [4.78, 5) is 18.0. The zero-order valence-corrected chi connectivity index (χ0v) is 17.0. The average molecular weight is 421 g/mol. The minimum Gasteiger partial charge on any atom is -0.312 e. The van der Waals surface area contributed by atoms with Crippen molar-refractivity contribution < 1.29 is 4.21 Å². The molecular formula is C18H24N6O2S2. The second-order valence-corrected chi connectivity index (χ2v) is 11.4. The maximum atomic E-state index is 13.2. The summed E-state index contributed by atoms with van der Waals surface area (Å²) < 4.78 is 14.3. The van der Waals surface area contributed by atoms with Crippen LogP contribution in [0.2, 0.25) is 0 Å². The largest absolute Gasteiger partial charge is 0.344 e. The molecule has 0 spiro atoms. The summed E-state index contributed by atoms with van der Waals surface area (Å²) in [5, 5.41) is 6.45. The number of hydrogen-bond donors (Lipinski definition) is 4. The number of fused-ring (bicyclic) bond motifs is 2. The third-order valence-corrected chi connectivity index (χ3v) is 10.4. The van der Waals surface area contributed by atoms with Crippen LogP contribution in [0.3, 0.4) is 0 Å².